The van der Waals surface area contributed by atoms with Crippen molar-refractivity contribution in [2.24, 2.45) is 5.92 Å². The molecule has 1 aliphatic rings. The molecule has 1 saturated heterocycles. The first-order valence-corrected chi connectivity index (χ1v) is 8.43. The van der Waals surface area contributed by atoms with Gasteiger partial charge in [-0.05, 0) is 55.6 Å². The van der Waals surface area contributed by atoms with Gasteiger partial charge in [-0.1, -0.05) is 38.1 Å². The Kier molecular flexibility index (Phi) is 6.38. The molecule has 0 radical (unpaired) electrons. The molecule has 0 bridgehead atoms. The second-order valence-electron chi connectivity index (χ2n) is 6.37. The quantitative estimate of drug-likeness (QED) is 0.628. The zero-order chi connectivity index (χ0) is 14.4. The van der Waals surface area contributed by atoms with Crippen LogP contribution >= 0.6 is 11.6 Å². The lowest BCUT2D eigenvalue weighted by molar-refractivity contribution is 0.0100. The molecular formula is C18H27ClO. The largest absolute Gasteiger partial charge is 0.378 e. The van der Waals surface area contributed by atoms with Crippen LogP contribution in [0.4, 0.5) is 0 Å². The van der Waals surface area contributed by atoms with E-state index in [1.54, 1.807) is 0 Å². The molecule has 1 aromatic carbocycles. The van der Waals surface area contributed by atoms with Crippen molar-refractivity contribution in [3.8, 4) is 0 Å². The van der Waals surface area contributed by atoms with Crippen LogP contribution < -0.4 is 0 Å². The van der Waals surface area contributed by atoms with Gasteiger partial charge in [0.25, 0.3) is 0 Å². The fraction of sp³-hybridized carbons (Fsp3) is 0.667. The second-order valence-corrected chi connectivity index (χ2v) is 6.90. The predicted molar refractivity (Wildman–Crippen MR) is 86.4 cm³/mol. The van der Waals surface area contributed by atoms with Gasteiger partial charge in [-0.15, -0.1) is 11.6 Å². The van der Waals surface area contributed by atoms with Crippen LogP contribution in [0, 0.1) is 5.92 Å². The Morgan fingerprint density at radius 2 is 1.95 bits per heavy atom. The lowest BCUT2D eigenvalue weighted by Gasteiger charge is -2.23. The van der Waals surface area contributed by atoms with Crippen molar-refractivity contribution in [3.05, 3.63) is 35.4 Å². The number of benzene rings is 1. The normalized spacial score (nSPS) is 21.1. The van der Waals surface area contributed by atoms with Crippen molar-refractivity contribution in [1.29, 1.82) is 0 Å². The molecule has 0 amide bonds. The average Bonchev–Trinajstić information content (AvgIpc) is 2.46. The summed E-state index contributed by atoms with van der Waals surface area (Å²) >= 11 is 6.53. The van der Waals surface area contributed by atoms with Gasteiger partial charge < -0.3 is 4.74 Å². The third-order valence-corrected chi connectivity index (χ3v) is 4.47. The molecule has 1 fully saturated rings. The van der Waals surface area contributed by atoms with Crippen LogP contribution in [0.25, 0.3) is 0 Å². The van der Waals surface area contributed by atoms with E-state index in [-0.39, 0.29) is 5.38 Å². The summed E-state index contributed by atoms with van der Waals surface area (Å²) in [4.78, 5) is 0. The molecular weight excluding hydrogens is 268 g/mol. The molecule has 2 unspecified atom stereocenters. The predicted octanol–water partition coefficient (Wildman–Crippen LogP) is 5.51. The number of halogens is 1. The first kappa shape index (κ1) is 15.9. The lowest BCUT2D eigenvalue weighted by Crippen LogP contribution is -2.19. The lowest BCUT2D eigenvalue weighted by atomic mass is 9.98. The Morgan fingerprint density at radius 3 is 2.55 bits per heavy atom. The molecule has 0 aliphatic carbocycles. The number of ether oxygens (including phenoxy) is 1. The molecule has 1 nitrogen and oxygen atoms in total. The van der Waals surface area contributed by atoms with Gasteiger partial charge in [0, 0.05) is 6.61 Å². The van der Waals surface area contributed by atoms with Crippen molar-refractivity contribution in [2.45, 2.75) is 63.9 Å². The molecule has 0 spiro atoms. The summed E-state index contributed by atoms with van der Waals surface area (Å²) in [5, 5.41) is 0.119. The van der Waals surface area contributed by atoms with Gasteiger partial charge in [0.1, 0.15) is 0 Å². The standard InChI is InChI=1S/C18H27ClO/c1-14(2)13-15-6-8-16(9-7-15)18(19)11-10-17-5-3-4-12-20-17/h6-9,14,17-18H,3-5,10-13H2,1-2H3. The minimum absolute atomic E-state index is 0.119. The van der Waals surface area contributed by atoms with Gasteiger partial charge in [0.15, 0.2) is 0 Å². The van der Waals surface area contributed by atoms with Gasteiger partial charge >= 0.3 is 0 Å². The summed E-state index contributed by atoms with van der Waals surface area (Å²) in [6, 6.07) is 8.83. The van der Waals surface area contributed by atoms with Crippen LogP contribution in [0.5, 0.6) is 0 Å². The smallest absolute Gasteiger partial charge is 0.0586 e. The van der Waals surface area contributed by atoms with Crippen molar-refractivity contribution in [1.82, 2.24) is 0 Å². The highest BCUT2D eigenvalue weighted by molar-refractivity contribution is 6.20. The zero-order valence-corrected chi connectivity index (χ0v) is 13.5. The monoisotopic (exact) mass is 294 g/mol. The number of hydrogen-bond acceptors (Lipinski definition) is 1. The summed E-state index contributed by atoms with van der Waals surface area (Å²) in [5.41, 5.74) is 2.65. The molecule has 2 rings (SSSR count). The van der Waals surface area contributed by atoms with Crippen LogP contribution in [-0.4, -0.2) is 12.7 Å². The first-order valence-electron chi connectivity index (χ1n) is 7.99. The van der Waals surface area contributed by atoms with Gasteiger partial charge in [-0.2, -0.15) is 0 Å². The highest BCUT2D eigenvalue weighted by Crippen LogP contribution is 2.29. The van der Waals surface area contributed by atoms with Crippen molar-refractivity contribution in [2.75, 3.05) is 6.61 Å². The van der Waals surface area contributed by atoms with Gasteiger partial charge in [-0.3, -0.25) is 0 Å². The van der Waals surface area contributed by atoms with E-state index in [1.165, 1.54) is 30.4 Å². The van der Waals surface area contributed by atoms with Gasteiger partial charge in [-0.25, -0.2) is 0 Å². The SMILES string of the molecule is CC(C)Cc1ccc(C(Cl)CCC2CCCCO2)cc1. The van der Waals surface area contributed by atoms with E-state index >= 15 is 0 Å². The zero-order valence-electron chi connectivity index (χ0n) is 12.8. The Balaban J connectivity index is 1.80. The fourth-order valence-electron chi connectivity index (χ4n) is 2.87. The number of alkyl halides is 1. The first-order chi connectivity index (χ1) is 9.65. The molecule has 1 aliphatic heterocycles. The molecule has 2 atom stereocenters. The summed E-state index contributed by atoms with van der Waals surface area (Å²) in [7, 11) is 0. The fourth-order valence-corrected chi connectivity index (χ4v) is 3.14. The maximum Gasteiger partial charge on any atom is 0.0586 e. The second kappa shape index (κ2) is 8.05. The molecule has 0 aromatic heterocycles. The summed E-state index contributed by atoms with van der Waals surface area (Å²) in [5.74, 6) is 0.705. The Labute approximate surface area is 128 Å². The molecule has 0 saturated carbocycles. The Morgan fingerprint density at radius 1 is 1.20 bits per heavy atom. The van der Waals surface area contributed by atoms with Crippen LogP contribution in [0.2, 0.25) is 0 Å². The summed E-state index contributed by atoms with van der Waals surface area (Å²) < 4.78 is 5.77. The number of rotatable bonds is 6. The average molecular weight is 295 g/mol. The maximum atomic E-state index is 6.53. The highest BCUT2D eigenvalue weighted by atomic mass is 35.5. The minimum Gasteiger partial charge on any atom is -0.378 e. The topological polar surface area (TPSA) is 9.23 Å². The van der Waals surface area contributed by atoms with Gasteiger partial charge in [0.2, 0.25) is 0 Å². The number of hydrogen-bond donors (Lipinski definition) is 0. The van der Waals surface area contributed by atoms with Crippen LogP contribution in [0.15, 0.2) is 24.3 Å². The Hall–Kier alpha value is -0.530. The molecule has 20 heavy (non-hydrogen) atoms. The van der Waals surface area contributed by atoms with E-state index in [4.69, 9.17) is 16.3 Å². The van der Waals surface area contributed by atoms with Crippen LogP contribution in [0.1, 0.15) is 62.5 Å². The van der Waals surface area contributed by atoms with Crippen molar-refractivity contribution in [3.63, 3.8) is 0 Å². The summed E-state index contributed by atoms with van der Waals surface area (Å²) in [6.45, 7) is 5.44. The van der Waals surface area contributed by atoms with E-state index in [0.29, 0.717) is 12.0 Å². The molecule has 1 heterocycles. The Bertz CT molecular complexity index is 379. The van der Waals surface area contributed by atoms with E-state index in [1.807, 2.05) is 0 Å². The van der Waals surface area contributed by atoms with Crippen LogP contribution in [-0.2, 0) is 11.2 Å². The minimum atomic E-state index is 0.119. The third kappa shape index (κ3) is 5.10. The molecule has 0 N–H and O–H groups in total. The van der Waals surface area contributed by atoms with E-state index in [9.17, 15) is 0 Å². The van der Waals surface area contributed by atoms with Gasteiger partial charge in [0.05, 0.1) is 11.5 Å². The maximum absolute atomic E-state index is 6.53. The summed E-state index contributed by atoms with van der Waals surface area (Å²) in [6.07, 6.45) is 7.41. The molecule has 112 valence electrons. The van der Waals surface area contributed by atoms with E-state index in [2.05, 4.69) is 38.1 Å². The van der Waals surface area contributed by atoms with Crippen molar-refractivity contribution < 1.29 is 4.74 Å². The molecule has 1 aromatic rings. The van der Waals surface area contributed by atoms with Crippen molar-refractivity contribution >= 4 is 11.6 Å². The van der Waals surface area contributed by atoms with E-state index in [0.717, 1.165) is 25.9 Å². The highest BCUT2D eigenvalue weighted by Gasteiger charge is 2.16. The van der Waals surface area contributed by atoms with E-state index < -0.39 is 0 Å². The van der Waals surface area contributed by atoms with Crippen LogP contribution in [0.3, 0.4) is 0 Å². The molecule has 2 heteroatoms. The third-order valence-electron chi connectivity index (χ3n) is 4.00.